The van der Waals surface area contributed by atoms with Crippen LogP contribution in [0.25, 0.3) is 11.3 Å². The summed E-state index contributed by atoms with van der Waals surface area (Å²) in [6.45, 7) is 8.16. The number of rotatable bonds is 6. The molecule has 0 atom stereocenters. The van der Waals surface area contributed by atoms with Gasteiger partial charge in [0.15, 0.2) is 0 Å². The van der Waals surface area contributed by atoms with Crippen molar-refractivity contribution in [2.45, 2.75) is 33.9 Å². The maximum absolute atomic E-state index is 12.6. The molecule has 4 heteroatoms. The number of methoxy groups -OCH3 is 1. The van der Waals surface area contributed by atoms with Crippen molar-refractivity contribution < 1.29 is 4.74 Å². The van der Waals surface area contributed by atoms with E-state index in [1.165, 1.54) is 0 Å². The van der Waals surface area contributed by atoms with Gasteiger partial charge in [0.05, 0.1) is 12.8 Å². The van der Waals surface area contributed by atoms with E-state index in [2.05, 4.69) is 11.4 Å². The van der Waals surface area contributed by atoms with Crippen molar-refractivity contribution in [3.63, 3.8) is 0 Å². The highest BCUT2D eigenvalue weighted by Crippen LogP contribution is 2.25. The molecular weight excluding hydrogens is 276 g/mol. The van der Waals surface area contributed by atoms with Gasteiger partial charge >= 0.3 is 0 Å². The Labute approximate surface area is 131 Å². The second-order valence-electron chi connectivity index (χ2n) is 5.26. The SMILES string of the molecule is CCNCc1ccc(-c2ccc(OC)c(C)c2)n(CC)c1=O. The molecule has 2 aromatic rings. The molecule has 0 aliphatic rings. The molecular formula is C18H24N2O2. The first-order valence-corrected chi connectivity index (χ1v) is 7.70. The van der Waals surface area contributed by atoms with Gasteiger partial charge in [-0.2, -0.15) is 0 Å². The van der Waals surface area contributed by atoms with Gasteiger partial charge in [-0.1, -0.05) is 13.0 Å². The molecule has 22 heavy (non-hydrogen) atoms. The van der Waals surface area contributed by atoms with Gasteiger partial charge in [0.2, 0.25) is 0 Å². The fraction of sp³-hybridized carbons (Fsp3) is 0.389. The van der Waals surface area contributed by atoms with Gasteiger partial charge in [0, 0.05) is 18.7 Å². The van der Waals surface area contributed by atoms with Crippen LogP contribution < -0.4 is 15.6 Å². The van der Waals surface area contributed by atoms with Crippen LogP contribution >= 0.6 is 0 Å². The number of nitrogens with one attached hydrogen (secondary N) is 1. The fourth-order valence-electron chi connectivity index (χ4n) is 2.62. The van der Waals surface area contributed by atoms with E-state index in [1.807, 2.05) is 49.6 Å². The van der Waals surface area contributed by atoms with Crippen LogP contribution in [0.5, 0.6) is 5.75 Å². The zero-order valence-corrected chi connectivity index (χ0v) is 13.8. The number of aromatic nitrogens is 1. The Bertz CT molecular complexity index is 705. The average molecular weight is 300 g/mol. The van der Waals surface area contributed by atoms with Gasteiger partial charge in [-0.3, -0.25) is 4.79 Å². The largest absolute Gasteiger partial charge is 0.496 e. The Morgan fingerprint density at radius 1 is 1.18 bits per heavy atom. The highest BCUT2D eigenvalue weighted by Gasteiger charge is 2.10. The molecule has 0 saturated carbocycles. The topological polar surface area (TPSA) is 43.3 Å². The van der Waals surface area contributed by atoms with Gasteiger partial charge in [-0.05, 0) is 55.8 Å². The molecule has 0 radical (unpaired) electrons. The standard InChI is InChI=1S/C18H24N2O2/c1-5-19-12-15-7-9-16(20(6-2)18(15)21)14-8-10-17(22-4)13(3)11-14/h7-11,19H,5-6,12H2,1-4H3. The lowest BCUT2D eigenvalue weighted by molar-refractivity contribution is 0.412. The molecule has 4 nitrogen and oxygen atoms in total. The van der Waals surface area contributed by atoms with Crippen molar-refractivity contribution in [1.29, 1.82) is 0 Å². The molecule has 0 spiro atoms. The Kier molecular flexibility index (Phi) is 5.39. The summed E-state index contributed by atoms with van der Waals surface area (Å²) in [6, 6.07) is 9.95. The van der Waals surface area contributed by atoms with Gasteiger partial charge in [0.25, 0.3) is 5.56 Å². The smallest absolute Gasteiger partial charge is 0.255 e. The molecule has 1 heterocycles. The molecule has 118 valence electrons. The maximum atomic E-state index is 12.6. The lowest BCUT2D eigenvalue weighted by Crippen LogP contribution is -2.27. The molecule has 0 bridgehead atoms. The summed E-state index contributed by atoms with van der Waals surface area (Å²) in [7, 11) is 1.67. The zero-order valence-electron chi connectivity index (χ0n) is 13.8. The maximum Gasteiger partial charge on any atom is 0.255 e. The molecule has 0 unspecified atom stereocenters. The summed E-state index contributed by atoms with van der Waals surface area (Å²) < 4.78 is 7.13. The normalized spacial score (nSPS) is 10.7. The molecule has 1 aromatic heterocycles. The number of ether oxygens (including phenoxy) is 1. The van der Waals surface area contributed by atoms with Crippen molar-refractivity contribution in [3.8, 4) is 17.0 Å². The predicted octanol–water partition coefficient (Wildman–Crippen LogP) is 2.96. The molecule has 0 amide bonds. The summed E-state index contributed by atoms with van der Waals surface area (Å²) in [5.41, 5.74) is 3.92. The lowest BCUT2D eigenvalue weighted by atomic mass is 10.1. The quantitative estimate of drug-likeness (QED) is 0.892. The van der Waals surface area contributed by atoms with E-state index in [9.17, 15) is 4.79 Å². The van der Waals surface area contributed by atoms with Gasteiger partial charge in [0.1, 0.15) is 5.75 Å². The van der Waals surface area contributed by atoms with Crippen molar-refractivity contribution >= 4 is 0 Å². The second-order valence-corrected chi connectivity index (χ2v) is 5.26. The van der Waals surface area contributed by atoms with Crippen LogP contribution in [0, 0.1) is 6.92 Å². The Hall–Kier alpha value is -2.07. The fourth-order valence-corrected chi connectivity index (χ4v) is 2.62. The number of hydrogen-bond acceptors (Lipinski definition) is 3. The average Bonchev–Trinajstić information content (AvgIpc) is 2.53. The van der Waals surface area contributed by atoms with Crippen LogP contribution in [-0.2, 0) is 13.1 Å². The van der Waals surface area contributed by atoms with Crippen LogP contribution in [0.2, 0.25) is 0 Å². The summed E-state index contributed by atoms with van der Waals surface area (Å²) in [6.07, 6.45) is 0. The highest BCUT2D eigenvalue weighted by atomic mass is 16.5. The van der Waals surface area contributed by atoms with Crippen molar-refractivity contribution in [3.05, 3.63) is 51.8 Å². The number of nitrogens with zero attached hydrogens (tertiary/aromatic N) is 1. The van der Waals surface area contributed by atoms with E-state index in [0.717, 1.165) is 34.7 Å². The van der Waals surface area contributed by atoms with Crippen molar-refractivity contribution in [2.24, 2.45) is 0 Å². The first-order valence-electron chi connectivity index (χ1n) is 7.70. The summed E-state index contributed by atoms with van der Waals surface area (Å²) in [5.74, 6) is 0.859. The van der Waals surface area contributed by atoms with E-state index >= 15 is 0 Å². The minimum atomic E-state index is 0.0782. The zero-order chi connectivity index (χ0) is 16.1. The van der Waals surface area contributed by atoms with Crippen molar-refractivity contribution in [1.82, 2.24) is 9.88 Å². The number of benzene rings is 1. The molecule has 2 rings (SSSR count). The van der Waals surface area contributed by atoms with Crippen LogP contribution in [0.1, 0.15) is 25.0 Å². The van der Waals surface area contributed by atoms with E-state index in [-0.39, 0.29) is 5.56 Å². The number of pyridine rings is 1. The second kappa shape index (κ2) is 7.27. The predicted molar refractivity (Wildman–Crippen MR) is 90.5 cm³/mol. The van der Waals surface area contributed by atoms with Crippen LogP contribution in [0.3, 0.4) is 0 Å². The molecule has 0 fully saturated rings. The van der Waals surface area contributed by atoms with Gasteiger partial charge in [-0.25, -0.2) is 0 Å². The third-order valence-corrected chi connectivity index (χ3v) is 3.83. The Morgan fingerprint density at radius 3 is 2.55 bits per heavy atom. The Balaban J connectivity index is 2.49. The summed E-state index contributed by atoms with van der Waals surface area (Å²) in [4.78, 5) is 12.6. The van der Waals surface area contributed by atoms with Gasteiger partial charge < -0.3 is 14.6 Å². The van der Waals surface area contributed by atoms with Gasteiger partial charge in [-0.15, -0.1) is 0 Å². The monoisotopic (exact) mass is 300 g/mol. The van der Waals surface area contributed by atoms with Crippen LogP contribution in [0.4, 0.5) is 0 Å². The number of aryl methyl sites for hydroxylation is 1. The first-order chi connectivity index (χ1) is 10.6. The minimum absolute atomic E-state index is 0.0782. The summed E-state index contributed by atoms with van der Waals surface area (Å²) in [5, 5.41) is 3.21. The van der Waals surface area contributed by atoms with Crippen LogP contribution in [0.15, 0.2) is 35.1 Å². The van der Waals surface area contributed by atoms with E-state index in [1.54, 1.807) is 7.11 Å². The Morgan fingerprint density at radius 2 is 1.95 bits per heavy atom. The number of hydrogen-bond donors (Lipinski definition) is 1. The highest BCUT2D eigenvalue weighted by molar-refractivity contribution is 5.62. The van der Waals surface area contributed by atoms with Crippen molar-refractivity contribution in [2.75, 3.05) is 13.7 Å². The minimum Gasteiger partial charge on any atom is -0.496 e. The van der Waals surface area contributed by atoms with E-state index in [4.69, 9.17) is 4.74 Å². The lowest BCUT2D eigenvalue weighted by Gasteiger charge is -2.15. The third-order valence-electron chi connectivity index (χ3n) is 3.83. The first kappa shape index (κ1) is 16.3. The summed E-state index contributed by atoms with van der Waals surface area (Å²) >= 11 is 0. The van der Waals surface area contributed by atoms with E-state index < -0.39 is 0 Å². The molecule has 0 saturated heterocycles. The molecule has 1 aromatic carbocycles. The molecule has 0 aliphatic heterocycles. The molecule has 1 N–H and O–H groups in total. The van der Waals surface area contributed by atoms with Crippen LogP contribution in [-0.4, -0.2) is 18.2 Å². The third kappa shape index (κ3) is 3.22. The van der Waals surface area contributed by atoms with E-state index in [0.29, 0.717) is 13.1 Å². The molecule has 0 aliphatic carbocycles.